The molecule has 0 unspecified atom stereocenters. The van der Waals surface area contributed by atoms with Gasteiger partial charge in [-0.1, -0.05) is 24.6 Å². The number of hydrogen-bond donors (Lipinski definition) is 1. The van der Waals surface area contributed by atoms with Gasteiger partial charge in [0.05, 0.1) is 7.11 Å². The summed E-state index contributed by atoms with van der Waals surface area (Å²) in [5.41, 5.74) is 2.26. The van der Waals surface area contributed by atoms with Crippen molar-refractivity contribution in [1.82, 2.24) is 5.32 Å². The lowest BCUT2D eigenvalue weighted by Gasteiger charge is -2.09. The number of allylic oxidation sites excluding steroid dienone is 1. The molecule has 0 bridgehead atoms. The van der Waals surface area contributed by atoms with E-state index in [9.17, 15) is 0 Å². The van der Waals surface area contributed by atoms with Gasteiger partial charge in [-0.2, -0.15) is 0 Å². The number of halogens is 1. The van der Waals surface area contributed by atoms with Gasteiger partial charge in [-0.05, 0) is 50.2 Å². The fourth-order valence-electron chi connectivity index (χ4n) is 1.67. The van der Waals surface area contributed by atoms with Gasteiger partial charge >= 0.3 is 0 Å². The Labute approximate surface area is 109 Å². The third kappa shape index (κ3) is 4.41. The van der Waals surface area contributed by atoms with Gasteiger partial charge < -0.3 is 10.1 Å². The number of hydrogen-bond acceptors (Lipinski definition) is 2. The highest BCUT2D eigenvalue weighted by Gasteiger charge is 2.05. The smallest absolute Gasteiger partial charge is 0.126 e. The highest BCUT2D eigenvalue weighted by atomic mass is 35.5. The summed E-state index contributed by atoms with van der Waals surface area (Å²) in [6.45, 7) is 6.20. The van der Waals surface area contributed by atoms with Crippen LogP contribution in [0.3, 0.4) is 0 Å². The summed E-state index contributed by atoms with van der Waals surface area (Å²) in [6.07, 6.45) is 3.21. The largest absolute Gasteiger partial charge is 0.496 e. The summed E-state index contributed by atoms with van der Waals surface area (Å²) in [7, 11) is 1.68. The fourth-order valence-corrected chi connectivity index (χ4v) is 1.84. The maximum absolute atomic E-state index is 6.01. The number of benzene rings is 1. The van der Waals surface area contributed by atoms with E-state index in [1.54, 1.807) is 7.11 Å². The van der Waals surface area contributed by atoms with E-state index >= 15 is 0 Å². The predicted octanol–water partition coefficient (Wildman–Crippen LogP) is 3.75. The van der Waals surface area contributed by atoms with Crippen molar-refractivity contribution in [2.24, 2.45) is 0 Å². The fraction of sp³-hybridized carbons (Fsp3) is 0.429. The number of ether oxygens (including phenoxy) is 1. The lowest BCUT2D eigenvalue weighted by atomic mass is 10.1. The van der Waals surface area contributed by atoms with E-state index in [1.807, 2.05) is 18.2 Å². The van der Waals surface area contributed by atoms with Gasteiger partial charge in [0.2, 0.25) is 0 Å². The molecule has 0 aliphatic rings. The molecule has 0 fully saturated rings. The molecule has 0 saturated carbocycles. The maximum Gasteiger partial charge on any atom is 0.126 e. The van der Waals surface area contributed by atoms with Crippen molar-refractivity contribution < 1.29 is 4.74 Å². The van der Waals surface area contributed by atoms with Crippen LogP contribution in [-0.2, 0) is 0 Å². The van der Waals surface area contributed by atoms with Crippen LogP contribution in [-0.4, -0.2) is 20.2 Å². The molecule has 1 aromatic carbocycles. The molecule has 0 aliphatic carbocycles. The van der Waals surface area contributed by atoms with E-state index in [-0.39, 0.29) is 0 Å². The van der Waals surface area contributed by atoms with Gasteiger partial charge in [0.25, 0.3) is 0 Å². The third-order valence-electron chi connectivity index (χ3n) is 2.61. The molecule has 0 aromatic heterocycles. The zero-order chi connectivity index (χ0) is 12.7. The van der Waals surface area contributed by atoms with Crippen LogP contribution in [0, 0.1) is 0 Å². The Balaban J connectivity index is 2.79. The lowest BCUT2D eigenvalue weighted by Crippen LogP contribution is -2.13. The summed E-state index contributed by atoms with van der Waals surface area (Å²) in [6, 6.07) is 5.69. The van der Waals surface area contributed by atoms with Crippen molar-refractivity contribution in [3.8, 4) is 5.75 Å². The molecule has 1 aromatic rings. The summed E-state index contributed by atoms with van der Waals surface area (Å²) in [4.78, 5) is 0. The minimum absolute atomic E-state index is 0.736. The molecule has 17 heavy (non-hydrogen) atoms. The highest BCUT2D eigenvalue weighted by Crippen LogP contribution is 2.28. The second-order valence-electron chi connectivity index (χ2n) is 3.87. The second-order valence-corrected chi connectivity index (χ2v) is 4.31. The first-order valence-corrected chi connectivity index (χ1v) is 6.28. The van der Waals surface area contributed by atoms with E-state index < -0.39 is 0 Å². The predicted molar refractivity (Wildman–Crippen MR) is 74.8 cm³/mol. The Hall–Kier alpha value is -0.990. The van der Waals surface area contributed by atoms with Crippen LogP contribution in [0.4, 0.5) is 0 Å². The van der Waals surface area contributed by atoms with Crippen molar-refractivity contribution in [1.29, 1.82) is 0 Å². The molecule has 0 saturated heterocycles. The van der Waals surface area contributed by atoms with E-state index in [2.05, 4.69) is 25.2 Å². The van der Waals surface area contributed by atoms with Crippen LogP contribution in [0.25, 0.3) is 5.57 Å². The normalized spacial score (nSPS) is 11.6. The first-order chi connectivity index (χ1) is 8.19. The van der Waals surface area contributed by atoms with Gasteiger partial charge in [-0.25, -0.2) is 0 Å². The zero-order valence-electron chi connectivity index (χ0n) is 10.7. The first kappa shape index (κ1) is 14.1. The molecular formula is C14H20ClNO. The first-order valence-electron chi connectivity index (χ1n) is 5.90. The average Bonchev–Trinajstić information content (AvgIpc) is 2.34. The quantitative estimate of drug-likeness (QED) is 0.780. The molecule has 0 radical (unpaired) electrons. The van der Waals surface area contributed by atoms with Gasteiger partial charge in [-0.15, -0.1) is 0 Å². The molecule has 1 N–H and O–H groups in total. The van der Waals surface area contributed by atoms with E-state index in [0.29, 0.717) is 0 Å². The number of methoxy groups -OCH3 is 1. The Morgan fingerprint density at radius 3 is 2.88 bits per heavy atom. The van der Waals surface area contributed by atoms with Gasteiger partial charge in [0, 0.05) is 10.6 Å². The Bertz CT molecular complexity index is 388. The van der Waals surface area contributed by atoms with Crippen molar-refractivity contribution in [2.75, 3.05) is 20.2 Å². The van der Waals surface area contributed by atoms with Crippen molar-refractivity contribution in [3.05, 3.63) is 34.9 Å². The standard InChI is InChI=1S/C14H20ClNO/c1-4-16-9-5-6-11(2)13-10-12(15)7-8-14(13)17-3/h6-8,10,16H,4-5,9H2,1-3H3. The van der Waals surface area contributed by atoms with Gasteiger partial charge in [0.1, 0.15) is 5.75 Å². The van der Waals surface area contributed by atoms with Crippen molar-refractivity contribution in [3.63, 3.8) is 0 Å². The number of nitrogens with one attached hydrogen (secondary N) is 1. The van der Waals surface area contributed by atoms with Gasteiger partial charge in [0.15, 0.2) is 0 Å². The molecular weight excluding hydrogens is 234 g/mol. The molecule has 0 heterocycles. The highest BCUT2D eigenvalue weighted by molar-refractivity contribution is 6.30. The monoisotopic (exact) mass is 253 g/mol. The number of rotatable bonds is 6. The summed E-state index contributed by atoms with van der Waals surface area (Å²) < 4.78 is 5.33. The summed E-state index contributed by atoms with van der Waals surface area (Å²) >= 11 is 6.01. The molecule has 0 spiro atoms. The zero-order valence-corrected chi connectivity index (χ0v) is 11.5. The van der Waals surface area contributed by atoms with Crippen molar-refractivity contribution in [2.45, 2.75) is 20.3 Å². The molecule has 0 amide bonds. The van der Waals surface area contributed by atoms with Crippen LogP contribution in [0.1, 0.15) is 25.8 Å². The Kier molecular flexibility index (Phi) is 6.09. The maximum atomic E-state index is 6.01. The molecule has 1 rings (SSSR count). The SMILES string of the molecule is CCNCCC=C(C)c1cc(Cl)ccc1OC. The second kappa shape index (κ2) is 7.36. The van der Waals surface area contributed by atoms with E-state index in [4.69, 9.17) is 16.3 Å². The lowest BCUT2D eigenvalue weighted by molar-refractivity contribution is 0.413. The summed E-state index contributed by atoms with van der Waals surface area (Å²) in [5.74, 6) is 0.867. The molecule has 3 heteroatoms. The topological polar surface area (TPSA) is 21.3 Å². The Morgan fingerprint density at radius 2 is 2.24 bits per heavy atom. The van der Waals surface area contributed by atoms with Crippen LogP contribution in [0.15, 0.2) is 24.3 Å². The van der Waals surface area contributed by atoms with Crippen LogP contribution >= 0.6 is 11.6 Å². The summed E-state index contributed by atoms with van der Waals surface area (Å²) in [5, 5.41) is 4.03. The minimum Gasteiger partial charge on any atom is -0.496 e. The van der Waals surface area contributed by atoms with Gasteiger partial charge in [-0.3, -0.25) is 0 Å². The van der Waals surface area contributed by atoms with Crippen LogP contribution in [0.5, 0.6) is 5.75 Å². The van der Waals surface area contributed by atoms with E-state index in [0.717, 1.165) is 35.8 Å². The van der Waals surface area contributed by atoms with Crippen LogP contribution < -0.4 is 10.1 Å². The van der Waals surface area contributed by atoms with Crippen molar-refractivity contribution >= 4 is 17.2 Å². The Morgan fingerprint density at radius 1 is 1.47 bits per heavy atom. The average molecular weight is 254 g/mol. The van der Waals surface area contributed by atoms with E-state index in [1.165, 1.54) is 5.57 Å². The van der Waals surface area contributed by atoms with Crippen LogP contribution in [0.2, 0.25) is 5.02 Å². The third-order valence-corrected chi connectivity index (χ3v) is 2.84. The minimum atomic E-state index is 0.736. The molecule has 0 atom stereocenters. The molecule has 0 aliphatic heterocycles. The molecule has 2 nitrogen and oxygen atoms in total. The molecule has 94 valence electrons.